The van der Waals surface area contributed by atoms with Gasteiger partial charge in [-0.3, -0.25) is 4.79 Å². The first-order valence-electron chi connectivity index (χ1n) is 6.67. The van der Waals surface area contributed by atoms with E-state index >= 15 is 0 Å². The van der Waals surface area contributed by atoms with Gasteiger partial charge in [0.25, 0.3) is 0 Å². The third kappa shape index (κ3) is 7.17. The molecule has 0 spiro atoms. The highest BCUT2D eigenvalue weighted by Crippen LogP contribution is 2.13. The molecule has 0 radical (unpaired) electrons. The molecule has 0 bridgehead atoms. The number of hydrogen-bond donors (Lipinski definition) is 3. The molecule has 0 fully saturated rings. The fraction of sp³-hybridized carbons (Fsp3) is 0.429. The Morgan fingerprint density at radius 1 is 1.29 bits per heavy atom. The highest BCUT2D eigenvalue weighted by Gasteiger charge is 2.09. The van der Waals surface area contributed by atoms with Crippen LogP contribution in [0.25, 0.3) is 0 Å². The van der Waals surface area contributed by atoms with Gasteiger partial charge in [0.15, 0.2) is 0 Å². The topological polar surface area (TPSA) is 117 Å². The number of alkyl carbamates (subject to hydrolysis) is 1. The zero-order chi connectivity index (χ0) is 15.7. The Morgan fingerprint density at radius 3 is 2.52 bits per heavy atom. The standard InChI is InChI=1S/C14H21N3O4/c1-2-20-12-5-3-10(4-6-12)7-11(15)9-21-14(19)17-8-13(16)18/h3-6,11H,2,7-9,15H2,1H3,(H2,16,18)(H,17,19)/t11-/m1/s1. The molecule has 7 heteroatoms. The summed E-state index contributed by atoms with van der Waals surface area (Å²) in [4.78, 5) is 21.7. The summed E-state index contributed by atoms with van der Waals surface area (Å²) >= 11 is 0. The van der Waals surface area contributed by atoms with Gasteiger partial charge < -0.3 is 26.3 Å². The number of ether oxygens (including phenoxy) is 2. The van der Waals surface area contributed by atoms with Crippen molar-refractivity contribution >= 4 is 12.0 Å². The lowest BCUT2D eigenvalue weighted by Gasteiger charge is -2.13. The normalized spacial score (nSPS) is 11.5. The summed E-state index contributed by atoms with van der Waals surface area (Å²) < 4.78 is 10.2. The monoisotopic (exact) mass is 295 g/mol. The Kier molecular flexibility index (Phi) is 7.03. The molecule has 0 saturated carbocycles. The van der Waals surface area contributed by atoms with Crippen molar-refractivity contribution in [3.8, 4) is 5.75 Å². The molecule has 5 N–H and O–H groups in total. The highest BCUT2D eigenvalue weighted by molar-refractivity contribution is 5.80. The zero-order valence-corrected chi connectivity index (χ0v) is 12.0. The second-order valence-electron chi connectivity index (χ2n) is 4.46. The Hall–Kier alpha value is -2.28. The smallest absolute Gasteiger partial charge is 0.407 e. The predicted octanol–water partition coefficient (Wildman–Crippen LogP) is 0.167. The summed E-state index contributed by atoms with van der Waals surface area (Å²) in [6.07, 6.45) is -0.147. The van der Waals surface area contributed by atoms with Crippen LogP contribution >= 0.6 is 0 Å². The number of amides is 2. The van der Waals surface area contributed by atoms with Crippen LogP contribution in [0.4, 0.5) is 4.79 Å². The lowest BCUT2D eigenvalue weighted by atomic mass is 10.1. The van der Waals surface area contributed by atoms with Gasteiger partial charge in [0.1, 0.15) is 12.4 Å². The van der Waals surface area contributed by atoms with Crippen LogP contribution in [0.15, 0.2) is 24.3 Å². The maximum atomic E-state index is 11.2. The summed E-state index contributed by atoms with van der Waals surface area (Å²) in [6, 6.07) is 7.23. The minimum Gasteiger partial charge on any atom is -0.494 e. The van der Waals surface area contributed by atoms with E-state index in [0.29, 0.717) is 13.0 Å². The number of benzene rings is 1. The summed E-state index contributed by atoms with van der Waals surface area (Å²) in [7, 11) is 0. The lowest BCUT2D eigenvalue weighted by molar-refractivity contribution is -0.117. The maximum Gasteiger partial charge on any atom is 0.407 e. The first-order chi connectivity index (χ1) is 10.0. The van der Waals surface area contributed by atoms with Gasteiger partial charge in [-0.1, -0.05) is 12.1 Å². The van der Waals surface area contributed by atoms with Crippen molar-refractivity contribution in [1.82, 2.24) is 5.32 Å². The van der Waals surface area contributed by atoms with Gasteiger partial charge in [-0.25, -0.2) is 4.79 Å². The molecule has 0 aliphatic rings. The molecule has 7 nitrogen and oxygen atoms in total. The summed E-state index contributed by atoms with van der Waals surface area (Å²) in [5.41, 5.74) is 11.8. The lowest BCUT2D eigenvalue weighted by Crippen LogP contribution is -2.37. The average Bonchev–Trinajstić information content (AvgIpc) is 2.45. The molecule has 0 aliphatic carbocycles. The zero-order valence-electron chi connectivity index (χ0n) is 12.0. The molecule has 0 aliphatic heterocycles. The van der Waals surface area contributed by atoms with Crippen molar-refractivity contribution in [2.45, 2.75) is 19.4 Å². The number of primary amides is 1. The number of carbonyl (C=O) groups excluding carboxylic acids is 2. The second kappa shape index (κ2) is 8.80. The molecule has 1 rings (SSSR count). The van der Waals surface area contributed by atoms with E-state index in [1.807, 2.05) is 31.2 Å². The number of nitrogens with one attached hydrogen (secondary N) is 1. The first kappa shape index (κ1) is 16.8. The van der Waals surface area contributed by atoms with Crippen LogP contribution in [-0.4, -0.2) is 37.8 Å². The molecule has 1 atom stereocenters. The van der Waals surface area contributed by atoms with Crippen LogP contribution in [0, 0.1) is 0 Å². The molecule has 0 heterocycles. The Morgan fingerprint density at radius 2 is 1.95 bits per heavy atom. The largest absolute Gasteiger partial charge is 0.494 e. The summed E-state index contributed by atoms with van der Waals surface area (Å²) in [6.45, 7) is 2.34. The van der Waals surface area contributed by atoms with E-state index in [9.17, 15) is 9.59 Å². The SMILES string of the molecule is CCOc1ccc(C[C@@H](N)COC(=O)NCC(N)=O)cc1. The van der Waals surface area contributed by atoms with E-state index in [2.05, 4.69) is 5.32 Å². The molecule has 1 aromatic carbocycles. The minimum absolute atomic E-state index is 0.0534. The first-order valence-corrected chi connectivity index (χ1v) is 6.67. The van der Waals surface area contributed by atoms with E-state index < -0.39 is 12.0 Å². The van der Waals surface area contributed by atoms with Crippen molar-refractivity contribution in [1.29, 1.82) is 0 Å². The number of hydrogen-bond acceptors (Lipinski definition) is 5. The van der Waals surface area contributed by atoms with E-state index in [1.54, 1.807) is 0 Å². The third-order valence-electron chi connectivity index (χ3n) is 2.57. The van der Waals surface area contributed by atoms with Gasteiger partial charge >= 0.3 is 6.09 Å². The van der Waals surface area contributed by atoms with Crippen molar-refractivity contribution < 1.29 is 19.1 Å². The van der Waals surface area contributed by atoms with Crippen molar-refractivity contribution in [3.05, 3.63) is 29.8 Å². The fourth-order valence-electron chi connectivity index (χ4n) is 1.64. The average molecular weight is 295 g/mol. The van der Waals surface area contributed by atoms with Crippen molar-refractivity contribution in [2.24, 2.45) is 11.5 Å². The fourth-order valence-corrected chi connectivity index (χ4v) is 1.64. The number of rotatable bonds is 8. The van der Waals surface area contributed by atoms with Crippen LogP contribution in [0.5, 0.6) is 5.75 Å². The molecule has 21 heavy (non-hydrogen) atoms. The molecule has 116 valence electrons. The molecule has 0 unspecified atom stereocenters. The number of nitrogens with two attached hydrogens (primary N) is 2. The molecular weight excluding hydrogens is 274 g/mol. The Balaban J connectivity index is 2.31. The van der Waals surface area contributed by atoms with Gasteiger partial charge in [0.2, 0.25) is 5.91 Å². The molecule has 0 saturated heterocycles. The van der Waals surface area contributed by atoms with E-state index in [0.717, 1.165) is 11.3 Å². The summed E-state index contributed by atoms with van der Waals surface area (Å²) in [5, 5.41) is 2.22. The Labute approximate surface area is 123 Å². The maximum absolute atomic E-state index is 11.2. The van der Waals surface area contributed by atoms with Gasteiger partial charge in [-0.05, 0) is 31.0 Å². The molecule has 1 aromatic rings. The van der Waals surface area contributed by atoms with Crippen LogP contribution < -0.4 is 21.5 Å². The van der Waals surface area contributed by atoms with Crippen LogP contribution in [0.3, 0.4) is 0 Å². The number of carbonyl (C=O) groups is 2. The van der Waals surface area contributed by atoms with E-state index in [-0.39, 0.29) is 19.2 Å². The molecule has 0 aromatic heterocycles. The quantitative estimate of drug-likeness (QED) is 0.632. The third-order valence-corrected chi connectivity index (χ3v) is 2.57. The van der Waals surface area contributed by atoms with Crippen molar-refractivity contribution in [3.63, 3.8) is 0 Å². The van der Waals surface area contributed by atoms with E-state index in [1.165, 1.54) is 0 Å². The van der Waals surface area contributed by atoms with Gasteiger partial charge in [-0.15, -0.1) is 0 Å². The van der Waals surface area contributed by atoms with Gasteiger partial charge in [0, 0.05) is 6.04 Å². The molecule has 2 amide bonds. The van der Waals surface area contributed by atoms with Gasteiger partial charge in [-0.2, -0.15) is 0 Å². The van der Waals surface area contributed by atoms with E-state index in [4.69, 9.17) is 20.9 Å². The summed E-state index contributed by atoms with van der Waals surface area (Å²) in [5.74, 6) is 0.169. The van der Waals surface area contributed by atoms with Crippen LogP contribution in [0.1, 0.15) is 12.5 Å². The predicted molar refractivity (Wildman–Crippen MR) is 77.8 cm³/mol. The molecular formula is C14H21N3O4. The van der Waals surface area contributed by atoms with Crippen LogP contribution in [-0.2, 0) is 16.0 Å². The second-order valence-corrected chi connectivity index (χ2v) is 4.46. The minimum atomic E-state index is -0.712. The van der Waals surface area contributed by atoms with Gasteiger partial charge in [0.05, 0.1) is 13.2 Å². The van der Waals surface area contributed by atoms with Crippen molar-refractivity contribution in [2.75, 3.05) is 19.8 Å². The Bertz CT molecular complexity index is 462. The van der Waals surface area contributed by atoms with Crippen LogP contribution in [0.2, 0.25) is 0 Å². The highest BCUT2D eigenvalue weighted by atomic mass is 16.5.